The van der Waals surface area contributed by atoms with Gasteiger partial charge in [-0.1, -0.05) is 35.3 Å². The molecule has 7 heteroatoms. The van der Waals surface area contributed by atoms with Gasteiger partial charge < -0.3 is 13.9 Å². The SMILES string of the molecule is COc1ccc(-c2cc(=O)oc3cc(OC(=O)c4ccc(Cl)cc4Cl)ccc23)cc1. The molecule has 0 saturated heterocycles. The zero-order chi connectivity index (χ0) is 21.3. The third kappa shape index (κ3) is 4.03. The number of halogens is 2. The molecule has 0 unspecified atom stereocenters. The van der Waals surface area contributed by atoms with E-state index >= 15 is 0 Å². The number of hydrogen-bond donors (Lipinski definition) is 0. The largest absolute Gasteiger partial charge is 0.497 e. The van der Waals surface area contributed by atoms with Gasteiger partial charge in [-0.15, -0.1) is 0 Å². The Hall–Kier alpha value is -3.28. The number of methoxy groups -OCH3 is 1. The first kappa shape index (κ1) is 20.0. The fourth-order valence-corrected chi connectivity index (χ4v) is 3.52. The molecule has 150 valence electrons. The van der Waals surface area contributed by atoms with Crippen LogP contribution in [0.5, 0.6) is 11.5 Å². The van der Waals surface area contributed by atoms with E-state index in [-0.39, 0.29) is 16.3 Å². The van der Waals surface area contributed by atoms with Gasteiger partial charge in [-0.05, 0) is 53.6 Å². The molecule has 0 N–H and O–H groups in total. The van der Waals surface area contributed by atoms with Crippen molar-refractivity contribution in [3.05, 3.63) is 92.8 Å². The summed E-state index contributed by atoms with van der Waals surface area (Å²) in [6.07, 6.45) is 0. The smallest absolute Gasteiger partial charge is 0.345 e. The van der Waals surface area contributed by atoms with E-state index in [1.54, 1.807) is 25.3 Å². The van der Waals surface area contributed by atoms with E-state index in [4.69, 9.17) is 37.1 Å². The first-order chi connectivity index (χ1) is 14.4. The van der Waals surface area contributed by atoms with Gasteiger partial charge in [-0.2, -0.15) is 0 Å². The molecule has 0 fully saturated rings. The zero-order valence-electron chi connectivity index (χ0n) is 15.6. The van der Waals surface area contributed by atoms with Gasteiger partial charge in [-0.25, -0.2) is 9.59 Å². The second-order valence-corrected chi connectivity index (χ2v) is 7.22. The lowest BCUT2D eigenvalue weighted by atomic mass is 10.0. The first-order valence-electron chi connectivity index (χ1n) is 8.84. The summed E-state index contributed by atoms with van der Waals surface area (Å²) in [5.41, 5.74) is 1.47. The van der Waals surface area contributed by atoms with E-state index in [0.29, 0.717) is 27.3 Å². The second kappa shape index (κ2) is 8.22. The van der Waals surface area contributed by atoms with Gasteiger partial charge in [0.1, 0.15) is 17.1 Å². The standard InChI is InChI=1S/C23H14Cl2O5/c1-28-15-5-2-13(3-6-15)19-12-22(26)30-21-11-16(7-9-17(19)21)29-23(27)18-8-4-14(24)10-20(18)25/h2-12H,1H3. The van der Waals surface area contributed by atoms with Gasteiger partial charge >= 0.3 is 11.6 Å². The topological polar surface area (TPSA) is 65.7 Å². The van der Waals surface area contributed by atoms with Crippen LogP contribution in [0.15, 0.2) is 75.9 Å². The van der Waals surface area contributed by atoms with E-state index in [1.165, 1.54) is 24.3 Å². The number of carbonyl (C=O) groups excluding carboxylic acids is 1. The molecule has 0 saturated carbocycles. The summed E-state index contributed by atoms with van der Waals surface area (Å²) in [6, 6.07) is 18.1. The van der Waals surface area contributed by atoms with Gasteiger partial charge in [0, 0.05) is 22.5 Å². The highest BCUT2D eigenvalue weighted by Crippen LogP contribution is 2.31. The van der Waals surface area contributed by atoms with E-state index in [0.717, 1.165) is 5.56 Å². The average molecular weight is 441 g/mol. The van der Waals surface area contributed by atoms with Crippen LogP contribution in [-0.4, -0.2) is 13.1 Å². The Morgan fingerprint density at radius 1 is 0.900 bits per heavy atom. The van der Waals surface area contributed by atoms with Gasteiger partial charge in [0.2, 0.25) is 0 Å². The summed E-state index contributed by atoms with van der Waals surface area (Å²) in [5, 5.41) is 1.29. The summed E-state index contributed by atoms with van der Waals surface area (Å²) in [7, 11) is 1.58. The normalized spacial score (nSPS) is 10.8. The van der Waals surface area contributed by atoms with Crippen LogP contribution in [0, 0.1) is 0 Å². The van der Waals surface area contributed by atoms with Gasteiger partial charge in [-0.3, -0.25) is 0 Å². The molecule has 3 aromatic carbocycles. The van der Waals surface area contributed by atoms with E-state index in [2.05, 4.69) is 0 Å². The molecule has 4 rings (SSSR count). The maximum Gasteiger partial charge on any atom is 0.345 e. The predicted octanol–water partition coefficient (Wildman–Crippen LogP) is 5.99. The van der Waals surface area contributed by atoms with Crippen LogP contribution in [0.1, 0.15) is 10.4 Å². The Balaban J connectivity index is 1.70. The Kier molecular flexibility index (Phi) is 5.48. The molecule has 30 heavy (non-hydrogen) atoms. The monoisotopic (exact) mass is 440 g/mol. The van der Waals surface area contributed by atoms with Crippen LogP contribution in [0.3, 0.4) is 0 Å². The summed E-state index contributed by atoms with van der Waals surface area (Å²) in [4.78, 5) is 24.5. The molecule has 0 aliphatic carbocycles. The molecule has 1 heterocycles. The molecule has 0 atom stereocenters. The summed E-state index contributed by atoms with van der Waals surface area (Å²) >= 11 is 11.9. The van der Waals surface area contributed by atoms with Crippen molar-refractivity contribution >= 4 is 40.1 Å². The van der Waals surface area contributed by atoms with Crippen LogP contribution >= 0.6 is 23.2 Å². The van der Waals surface area contributed by atoms with Crippen molar-refractivity contribution in [2.24, 2.45) is 0 Å². The minimum absolute atomic E-state index is 0.176. The maximum atomic E-state index is 12.4. The highest BCUT2D eigenvalue weighted by atomic mass is 35.5. The number of ether oxygens (including phenoxy) is 2. The highest BCUT2D eigenvalue weighted by molar-refractivity contribution is 6.36. The molecule has 4 aromatic rings. The fraction of sp³-hybridized carbons (Fsp3) is 0.0435. The zero-order valence-corrected chi connectivity index (χ0v) is 17.2. The lowest BCUT2D eigenvalue weighted by Crippen LogP contribution is -2.09. The molecule has 1 aromatic heterocycles. The van der Waals surface area contributed by atoms with Gasteiger partial charge in [0.15, 0.2) is 0 Å². The molecule has 0 amide bonds. The van der Waals surface area contributed by atoms with Crippen molar-refractivity contribution in [2.75, 3.05) is 7.11 Å². The molecular weight excluding hydrogens is 427 g/mol. The highest BCUT2D eigenvalue weighted by Gasteiger charge is 2.15. The Morgan fingerprint density at radius 3 is 2.33 bits per heavy atom. The first-order valence-corrected chi connectivity index (χ1v) is 9.60. The predicted molar refractivity (Wildman–Crippen MR) is 116 cm³/mol. The minimum Gasteiger partial charge on any atom is -0.497 e. The number of benzene rings is 3. The molecule has 0 radical (unpaired) electrons. The van der Waals surface area contributed by atoms with Crippen LogP contribution in [0.2, 0.25) is 10.0 Å². The Bertz CT molecular complexity index is 1310. The van der Waals surface area contributed by atoms with Crippen molar-refractivity contribution < 1.29 is 18.7 Å². The Labute approximate surface area is 181 Å². The van der Waals surface area contributed by atoms with Crippen molar-refractivity contribution in [1.82, 2.24) is 0 Å². The molecule has 0 aliphatic rings. The van der Waals surface area contributed by atoms with Crippen LogP contribution < -0.4 is 15.1 Å². The lowest BCUT2D eigenvalue weighted by molar-refractivity contribution is 0.0735. The second-order valence-electron chi connectivity index (χ2n) is 6.38. The van der Waals surface area contributed by atoms with E-state index in [9.17, 15) is 9.59 Å². The number of fused-ring (bicyclic) bond motifs is 1. The van der Waals surface area contributed by atoms with Crippen molar-refractivity contribution in [3.63, 3.8) is 0 Å². The average Bonchev–Trinajstić information content (AvgIpc) is 2.73. The third-order valence-corrected chi connectivity index (χ3v) is 5.03. The van der Waals surface area contributed by atoms with Crippen LogP contribution in [-0.2, 0) is 0 Å². The summed E-state index contributed by atoms with van der Waals surface area (Å²) in [5.74, 6) is 0.277. The van der Waals surface area contributed by atoms with Gasteiger partial charge in [0.05, 0.1) is 17.7 Å². The number of carbonyl (C=O) groups is 1. The summed E-state index contributed by atoms with van der Waals surface area (Å²) < 4.78 is 15.9. The maximum absolute atomic E-state index is 12.4. The summed E-state index contributed by atoms with van der Waals surface area (Å²) in [6.45, 7) is 0. The lowest BCUT2D eigenvalue weighted by Gasteiger charge is -2.09. The molecular formula is C23H14Cl2O5. The molecule has 5 nitrogen and oxygen atoms in total. The fourth-order valence-electron chi connectivity index (χ4n) is 3.03. The van der Waals surface area contributed by atoms with Crippen molar-refractivity contribution in [2.45, 2.75) is 0 Å². The minimum atomic E-state index is -0.648. The molecule has 0 aliphatic heterocycles. The third-order valence-electron chi connectivity index (χ3n) is 4.48. The number of esters is 1. The molecule has 0 spiro atoms. The number of rotatable bonds is 4. The van der Waals surface area contributed by atoms with Crippen molar-refractivity contribution in [3.8, 4) is 22.6 Å². The van der Waals surface area contributed by atoms with Crippen LogP contribution in [0.25, 0.3) is 22.1 Å². The van der Waals surface area contributed by atoms with Crippen molar-refractivity contribution in [1.29, 1.82) is 0 Å². The van der Waals surface area contributed by atoms with Gasteiger partial charge in [0.25, 0.3) is 0 Å². The molecule has 0 bridgehead atoms. The van der Waals surface area contributed by atoms with E-state index in [1.807, 2.05) is 24.3 Å². The van der Waals surface area contributed by atoms with Crippen LogP contribution in [0.4, 0.5) is 0 Å². The number of hydrogen-bond acceptors (Lipinski definition) is 5. The van der Waals surface area contributed by atoms with E-state index < -0.39 is 11.6 Å². The quantitative estimate of drug-likeness (QED) is 0.221. The Morgan fingerprint density at radius 2 is 1.63 bits per heavy atom.